The maximum absolute atomic E-state index is 12.7. The second-order valence-electron chi connectivity index (χ2n) is 9.60. The van der Waals surface area contributed by atoms with E-state index in [1.54, 1.807) is 53.7 Å². The summed E-state index contributed by atoms with van der Waals surface area (Å²) in [5.74, 6) is 0. The van der Waals surface area contributed by atoms with E-state index in [1.165, 1.54) is 21.6 Å². The fourth-order valence-corrected chi connectivity index (χ4v) is 6.36. The first-order chi connectivity index (χ1) is 14.4. The highest BCUT2D eigenvalue weighted by atomic mass is 33.1. The summed E-state index contributed by atoms with van der Waals surface area (Å²) in [6.45, 7) is 13.7. The number of rotatable bonds is 7. The van der Waals surface area contributed by atoms with Gasteiger partial charge in [-0.1, -0.05) is 33.7 Å². The van der Waals surface area contributed by atoms with Crippen LogP contribution in [0, 0.1) is 13.8 Å². The Morgan fingerprint density at radius 3 is 1.22 bits per heavy atom. The Labute approximate surface area is 200 Å². The zero-order valence-electron chi connectivity index (χ0n) is 19.7. The van der Waals surface area contributed by atoms with Gasteiger partial charge in [-0.15, -0.1) is 0 Å². The van der Waals surface area contributed by atoms with Crippen molar-refractivity contribution in [2.24, 2.45) is 0 Å². The van der Waals surface area contributed by atoms with Gasteiger partial charge in [-0.3, -0.25) is 9.44 Å². The van der Waals surface area contributed by atoms with Crippen LogP contribution >= 0.6 is 21.6 Å². The molecule has 0 fully saturated rings. The second-order valence-corrected chi connectivity index (χ2v) is 16.7. The van der Waals surface area contributed by atoms with Crippen molar-refractivity contribution in [1.29, 1.82) is 0 Å². The van der Waals surface area contributed by atoms with E-state index in [1.807, 2.05) is 38.1 Å². The third kappa shape index (κ3) is 6.59. The maximum Gasteiger partial charge on any atom is 0.237 e. The average molecular weight is 517 g/mol. The van der Waals surface area contributed by atoms with E-state index >= 15 is 0 Å². The lowest BCUT2D eigenvalue weighted by molar-refractivity contribution is 0.565. The van der Waals surface area contributed by atoms with Crippen molar-refractivity contribution < 1.29 is 16.8 Å². The van der Waals surface area contributed by atoms with Crippen molar-refractivity contribution in [1.82, 2.24) is 0 Å². The molecule has 0 aliphatic rings. The van der Waals surface area contributed by atoms with Gasteiger partial charge in [0.2, 0.25) is 20.0 Å². The molecule has 0 aliphatic heterocycles. The maximum atomic E-state index is 12.7. The molecular weight excluding hydrogens is 485 g/mol. The minimum absolute atomic E-state index is 0.493. The van der Waals surface area contributed by atoms with Gasteiger partial charge in [0.15, 0.2) is 0 Å². The standard InChI is InChI=1S/C22H32N2O4S4/c1-15-9-11-17(23-31(25,26)21(3,4)5)19(13-15)29-30-20-14-16(2)10-12-18(20)24-32(27,28)22(6,7)8/h9-14,23-24H,1-8H3. The van der Waals surface area contributed by atoms with Gasteiger partial charge in [0, 0.05) is 9.79 Å². The number of benzene rings is 2. The molecule has 32 heavy (non-hydrogen) atoms. The van der Waals surface area contributed by atoms with Crippen LogP contribution in [0.15, 0.2) is 46.2 Å². The molecule has 0 unspecified atom stereocenters. The van der Waals surface area contributed by atoms with Crippen molar-refractivity contribution in [3.05, 3.63) is 47.5 Å². The minimum Gasteiger partial charge on any atom is -0.282 e. The molecule has 0 saturated heterocycles. The smallest absolute Gasteiger partial charge is 0.237 e. The molecule has 2 N–H and O–H groups in total. The molecule has 178 valence electrons. The summed E-state index contributed by atoms with van der Waals surface area (Å²) in [5.41, 5.74) is 2.97. The number of anilines is 2. The van der Waals surface area contributed by atoms with Crippen LogP contribution in [0.3, 0.4) is 0 Å². The van der Waals surface area contributed by atoms with Gasteiger partial charge in [0.25, 0.3) is 0 Å². The lowest BCUT2D eigenvalue weighted by atomic mass is 10.2. The third-order valence-corrected chi connectivity index (χ3v) is 11.2. The number of hydrogen-bond donors (Lipinski definition) is 2. The Morgan fingerprint density at radius 2 is 0.938 bits per heavy atom. The van der Waals surface area contributed by atoms with Crippen LogP contribution in [0.2, 0.25) is 0 Å². The summed E-state index contributed by atoms with van der Waals surface area (Å²) < 4.78 is 54.2. The highest BCUT2D eigenvalue weighted by Crippen LogP contribution is 2.45. The quantitative estimate of drug-likeness (QED) is 0.427. The van der Waals surface area contributed by atoms with Crippen LogP contribution in [-0.2, 0) is 20.0 Å². The summed E-state index contributed by atoms with van der Waals surface area (Å²) in [6, 6.07) is 11.0. The highest BCUT2D eigenvalue weighted by Gasteiger charge is 2.31. The zero-order chi connectivity index (χ0) is 24.5. The van der Waals surface area contributed by atoms with Crippen molar-refractivity contribution in [3.63, 3.8) is 0 Å². The van der Waals surface area contributed by atoms with Gasteiger partial charge >= 0.3 is 0 Å². The molecule has 0 saturated carbocycles. The van der Waals surface area contributed by atoms with E-state index < -0.39 is 29.5 Å². The van der Waals surface area contributed by atoms with E-state index in [0.29, 0.717) is 11.4 Å². The monoisotopic (exact) mass is 516 g/mol. The lowest BCUT2D eigenvalue weighted by Crippen LogP contribution is -2.33. The van der Waals surface area contributed by atoms with Crippen LogP contribution in [0.1, 0.15) is 52.7 Å². The SMILES string of the molecule is Cc1ccc(NS(=O)(=O)C(C)(C)C)c(SSc2cc(C)ccc2NS(=O)(=O)C(C)(C)C)c1. The van der Waals surface area contributed by atoms with Crippen LogP contribution in [0.4, 0.5) is 11.4 Å². The first-order valence-corrected chi connectivity index (χ1v) is 15.2. The van der Waals surface area contributed by atoms with Crippen LogP contribution in [0.5, 0.6) is 0 Å². The zero-order valence-corrected chi connectivity index (χ0v) is 23.0. The van der Waals surface area contributed by atoms with E-state index in [4.69, 9.17) is 0 Å². The van der Waals surface area contributed by atoms with Gasteiger partial charge in [-0.2, -0.15) is 0 Å². The third-order valence-electron chi connectivity index (χ3n) is 4.60. The fourth-order valence-electron chi connectivity index (χ4n) is 2.25. The first-order valence-electron chi connectivity index (χ1n) is 10.0. The van der Waals surface area contributed by atoms with Crippen LogP contribution in [0.25, 0.3) is 0 Å². The molecule has 10 heteroatoms. The lowest BCUT2D eigenvalue weighted by Gasteiger charge is -2.22. The number of aryl methyl sites for hydroxylation is 2. The molecule has 2 aromatic carbocycles. The number of hydrogen-bond acceptors (Lipinski definition) is 6. The summed E-state index contributed by atoms with van der Waals surface area (Å²) in [5, 5.41) is 0. The summed E-state index contributed by atoms with van der Waals surface area (Å²) in [6.07, 6.45) is 0. The van der Waals surface area contributed by atoms with E-state index in [9.17, 15) is 16.8 Å². The van der Waals surface area contributed by atoms with Crippen molar-refractivity contribution >= 4 is 53.0 Å². The molecule has 0 radical (unpaired) electrons. The Kier molecular flexibility index (Phi) is 7.97. The summed E-state index contributed by atoms with van der Waals surface area (Å²) in [4.78, 5) is 1.49. The highest BCUT2D eigenvalue weighted by molar-refractivity contribution is 8.76. The molecular formula is C22H32N2O4S4. The molecule has 0 aromatic heterocycles. The van der Waals surface area contributed by atoms with Gasteiger partial charge in [-0.05, 0) is 90.8 Å². The predicted molar refractivity (Wildman–Crippen MR) is 139 cm³/mol. The Balaban J connectivity index is 2.37. The van der Waals surface area contributed by atoms with E-state index in [-0.39, 0.29) is 0 Å². The number of nitrogens with one attached hydrogen (secondary N) is 2. The second kappa shape index (κ2) is 9.48. The molecule has 2 aromatic rings. The van der Waals surface area contributed by atoms with Gasteiger partial charge in [-0.25, -0.2) is 16.8 Å². The molecule has 0 bridgehead atoms. The predicted octanol–water partition coefficient (Wildman–Crippen LogP) is 6.18. The topological polar surface area (TPSA) is 92.3 Å². The number of sulfonamides is 2. The molecule has 6 nitrogen and oxygen atoms in total. The summed E-state index contributed by atoms with van der Waals surface area (Å²) in [7, 11) is -4.42. The molecule has 0 spiro atoms. The Hall–Kier alpha value is -1.36. The fraction of sp³-hybridized carbons (Fsp3) is 0.455. The van der Waals surface area contributed by atoms with Crippen molar-refractivity contribution in [3.8, 4) is 0 Å². The van der Waals surface area contributed by atoms with Crippen LogP contribution < -0.4 is 9.44 Å². The van der Waals surface area contributed by atoms with E-state index in [0.717, 1.165) is 20.9 Å². The minimum atomic E-state index is -3.59. The molecule has 0 aliphatic carbocycles. The van der Waals surface area contributed by atoms with Crippen molar-refractivity contribution in [2.45, 2.75) is 74.7 Å². The van der Waals surface area contributed by atoms with Gasteiger partial charge in [0.05, 0.1) is 20.9 Å². The van der Waals surface area contributed by atoms with Gasteiger partial charge in [0.1, 0.15) is 0 Å². The molecule has 0 heterocycles. The first kappa shape index (κ1) is 26.9. The van der Waals surface area contributed by atoms with Crippen LogP contribution in [-0.4, -0.2) is 26.3 Å². The largest absolute Gasteiger partial charge is 0.282 e. The van der Waals surface area contributed by atoms with Gasteiger partial charge < -0.3 is 0 Å². The average Bonchev–Trinajstić information content (AvgIpc) is 2.61. The Morgan fingerprint density at radius 1 is 0.625 bits per heavy atom. The summed E-state index contributed by atoms with van der Waals surface area (Å²) >= 11 is 0. The normalized spacial score (nSPS) is 13.1. The Bertz CT molecular complexity index is 1100. The molecule has 0 amide bonds. The van der Waals surface area contributed by atoms with Crippen molar-refractivity contribution in [2.75, 3.05) is 9.44 Å². The van der Waals surface area contributed by atoms with E-state index in [2.05, 4.69) is 9.44 Å². The molecule has 2 rings (SSSR count). The molecule has 0 atom stereocenters.